The van der Waals surface area contributed by atoms with Crippen LogP contribution in [0.2, 0.25) is 0 Å². The van der Waals surface area contributed by atoms with Crippen molar-refractivity contribution in [3.05, 3.63) is 28.7 Å². The Hall–Kier alpha value is -1.03. The minimum atomic E-state index is -0.666. The largest absolute Gasteiger partial charge is 0.370 e. The summed E-state index contributed by atoms with van der Waals surface area (Å²) in [7, 11) is 0. The molecule has 0 radical (unpaired) electrons. The summed E-state index contributed by atoms with van der Waals surface area (Å²) in [6.45, 7) is 1.92. The first-order chi connectivity index (χ1) is 8.54. The second-order valence-electron chi connectivity index (χ2n) is 5.15. The zero-order chi connectivity index (χ0) is 13.2. The number of anilines is 1. The van der Waals surface area contributed by atoms with Crippen molar-refractivity contribution >= 4 is 27.5 Å². The van der Waals surface area contributed by atoms with Crippen LogP contribution in [0.5, 0.6) is 0 Å². The fraction of sp³-hybridized carbons (Fsp3) is 0.500. The molecular formula is C14H19BrN2O. The van der Waals surface area contributed by atoms with Gasteiger partial charge in [-0.05, 0) is 53.7 Å². The predicted molar refractivity (Wildman–Crippen MR) is 77.3 cm³/mol. The first-order valence-corrected chi connectivity index (χ1v) is 7.16. The zero-order valence-electron chi connectivity index (χ0n) is 10.6. The van der Waals surface area contributed by atoms with Crippen molar-refractivity contribution in [1.82, 2.24) is 0 Å². The molecule has 1 amide bonds. The lowest BCUT2D eigenvalue weighted by molar-refractivity contribution is -0.123. The van der Waals surface area contributed by atoms with Crippen LogP contribution in [0.25, 0.3) is 0 Å². The molecule has 0 bridgehead atoms. The lowest BCUT2D eigenvalue weighted by Crippen LogP contribution is -2.53. The van der Waals surface area contributed by atoms with Gasteiger partial charge in [0.05, 0.1) is 0 Å². The molecule has 0 heterocycles. The number of hydrogen-bond acceptors (Lipinski definition) is 2. The minimum Gasteiger partial charge on any atom is -0.370 e. The summed E-state index contributed by atoms with van der Waals surface area (Å²) in [5, 5.41) is 3.34. The Labute approximate surface area is 116 Å². The van der Waals surface area contributed by atoms with E-state index in [9.17, 15) is 4.79 Å². The van der Waals surface area contributed by atoms with E-state index in [1.807, 2.05) is 31.2 Å². The Balaban J connectivity index is 2.26. The summed E-state index contributed by atoms with van der Waals surface area (Å²) in [5.41, 5.74) is 5.89. The predicted octanol–water partition coefficient (Wildman–Crippen LogP) is 3.30. The van der Waals surface area contributed by atoms with Crippen molar-refractivity contribution in [3.63, 3.8) is 0 Å². The van der Waals surface area contributed by atoms with Gasteiger partial charge in [0.15, 0.2) is 0 Å². The highest BCUT2D eigenvalue weighted by atomic mass is 79.9. The fourth-order valence-corrected chi connectivity index (χ4v) is 3.09. The number of amides is 1. The van der Waals surface area contributed by atoms with Gasteiger partial charge < -0.3 is 11.1 Å². The molecule has 98 valence electrons. The molecule has 18 heavy (non-hydrogen) atoms. The number of carbonyl (C=O) groups excluding carboxylic acids is 1. The molecule has 1 aromatic rings. The van der Waals surface area contributed by atoms with Gasteiger partial charge in [0.1, 0.15) is 5.54 Å². The molecule has 1 saturated carbocycles. The van der Waals surface area contributed by atoms with Crippen molar-refractivity contribution in [2.24, 2.45) is 11.7 Å². The van der Waals surface area contributed by atoms with Gasteiger partial charge in [0, 0.05) is 10.2 Å². The van der Waals surface area contributed by atoms with E-state index in [1.54, 1.807) is 0 Å². The van der Waals surface area contributed by atoms with Gasteiger partial charge in [0.25, 0.3) is 0 Å². The van der Waals surface area contributed by atoms with Gasteiger partial charge in [0.2, 0.25) is 5.91 Å². The van der Waals surface area contributed by atoms with Crippen LogP contribution in [0.15, 0.2) is 28.7 Å². The van der Waals surface area contributed by atoms with E-state index in [1.165, 1.54) is 12.8 Å². The molecule has 3 N–H and O–H groups in total. The minimum absolute atomic E-state index is 0.273. The number of carbonyl (C=O) groups is 1. The maximum absolute atomic E-state index is 11.9. The second-order valence-corrected chi connectivity index (χ2v) is 6.01. The first kappa shape index (κ1) is 13.4. The van der Waals surface area contributed by atoms with Crippen LogP contribution < -0.4 is 11.1 Å². The summed E-state index contributed by atoms with van der Waals surface area (Å²) in [6.07, 6.45) is 4.50. The number of nitrogens with two attached hydrogens (primary N) is 1. The Morgan fingerprint density at radius 3 is 2.56 bits per heavy atom. The van der Waals surface area contributed by atoms with Crippen LogP contribution in [0.1, 0.15) is 32.6 Å². The smallest absolute Gasteiger partial charge is 0.243 e. The highest BCUT2D eigenvalue weighted by Crippen LogP contribution is 2.37. The van der Waals surface area contributed by atoms with Crippen LogP contribution >= 0.6 is 15.9 Å². The van der Waals surface area contributed by atoms with E-state index in [0.717, 1.165) is 23.0 Å². The third-order valence-electron chi connectivity index (χ3n) is 3.95. The number of primary amides is 1. The maximum Gasteiger partial charge on any atom is 0.243 e. The quantitative estimate of drug-likeness (QED) is 0.896. The van der Waals surface area contributed by atoms with E-state index < -0.39 is 5.54 Å². The van der Waals surface area contributed by atoms with E-state index in [0.29, 0.717) is 5.92 Å². The maximum atomic E-state index is 11.9. The normalized spacial score (nSPS) is 19.4. The molecule has 0 saturated heterocycles. The Morgan fingerprint density at radius 2 is 2.00 bits per heavy atom. The molecule has 0 aromatic heterocycles. The van der Waals surface area contributed by atoms with Crippen molar-refractivity contribution in [3.8, 4) is 0 Å². The molecule has 2 rings (SSSR count). The van der Waals surface area contributed by atoms with E-state index >= 15 is 0 Å². The van der Waals surface area contributed by atoms with E-state index in [-0.39, 0.29) is 5.91 Å². The second kappa shape index (κ2) is 5.31. The van der Waals surface area contributed by atoms with Gasteiger partial charge >= 0.3 is 0 Å². The summed E-state index contributed by atoms with van der Waals surface area (Å²) in [4.78, 5) is 11.9. The van der Waals surface area contributed by atoms with Crippen molar-refractivity contribution in [2.45, 2.75) is 38.1 Å². The van der Waals surface area contributed by atoms with Gasteiger partial charge in [-0.15, -0.1) is 0 Å². The molecule has 3 nitrogen and oxygen atoms in total. The molecule has 1 unspecified atom stereocenters. The molecule has 1 atom stereocenters. The molecule has 0 spiro atoms. The summed E-state index contributed by atoms with van der Waals surface area (Å²) < 4.78 is 0.954. The van der Waals surface area contributed by atoms with E-state index in [4.69, 9.17) is 5.73 Å². The standard InChI is InChI=1S/C14H19BrN2O/c1-14(13(16)18,10-6-2-3-7-10)17-12-9-5-4-8-11(12)15/h4-5,8-10,17H,2-3,6-7H2,1H3,(H2,16,18). The number of rotatable bonds is 4. The molecular weight excluding hydrogens is 292 g/mol. The first-order valence-electron chi connectivity index (χ1n) is 6.36. The van der Waals surface area contributed by atoms with Crippen molar-refractivity contribution in [1.29, 1.82) is 0 Å². The molecule has 1 aliphatic rings. The van der Waals surface area contributed by atoms with Crippen LogP contribution in [0, 0.1) is 5.92 Å². The van der Waals surface area contributed by atoms with Crippen molar-refractivity contribution in [2.75, 3.05) is 5.32 Å². The Morgan fingerprint density at radius 1 is 1.39 bits per heavy atom. The molecule has 1 aromatic carbocycles. The lowest BCUT2D eigenvalue weighted by atomic mass is 9.83. The van der Waals surface area contributed by atoms with Gasteiger partial charge in [-0.1, -0.05) is 25.0 Å². The fourth-order valence-electron chi connectivity index (χ4n) is 2.71. The molecule has 1 aliphatic carbocycles. The van der Waals surface area contributed by atoms with Crippen LogP contribution in [-0.2, 0) is 4.79 Å². The topological polar surface area (TPSA) is 55.1 Å². The number of para-hydroxylation sites is 1. The molecule has 1 fully saturated rings. The SMILES string of the molecule is CC(Nc1ccccc1Br)(C(N)=O)C1CCCC1. The van der Waals surface area contributed by atoms with Gasteiger partial charge in [-0.3, -0.25) is 4.79 Å². The van der Waals surface area contributed by atoms with Crippen LogP contribution in [-0.4, -0.2) is 11.4 Å². The van der Waals surface area contributed by atoms with Crippen molar-refractivity contribution < 1.29 is 4.79 Å². The number of hydrogen-bond donors (Lipinski definition) is 2. The molecule has 4 heteroatoms. The third-order valence-corrected chi connectivity index (χ3v) is 4.64. The average Bonchev–Trinajstić information content (AvgIpc) is 2.86. The summed E-state index contributed by atoms with van der Waals surface area (Å²) in [5.74, 6) is 0.0484. The highest BCUT2D eigenvalue weighted by Gasteiger charge is 2.41. The third kappa shape index (κ3) is 2.53. The monoisotopic (exact) mass is 310 g/mol. The van der Waals surface area contributed by atoms with Crippen LogP contribution in [0.4, 0.5) is 5.69 Å². The average molecular weight is 311 g/mol. The zero-order valence-corrected chi connectivity index (χ0v) is 12.2. The van der Waals surface area contributed by atoms with Gasteiger partial charge in [-0.25, -0.2) is 0 Å². The molecule has 0 aliphatic heterocycles. The Kier molecular flexibility index (Phi) is 3.95. The van der Waals surface area contributed by atoms with Gasteiger partial charge in [-0.2, -0.15) is 0 Å². The van der Waals surface area contributed by atoms with E-state index in [2.05, 4.69) is 21.2 Å². The number of halogens is 1. The Bertz CT molecular complexity index is 443. The lowest BCUT2D eigenvalue weighted by Gasteiger charge is -2.34. The summed E-state index contributed by atoms with van der Waals surface area (Å²) >= 11 is 3.49. The van der Waals surface area contributed by atoms with Crippen LogP contribution in [0.3, 0.4) is 0 Å². The highest BCUT2D eigenvalue weighted by molar-refractivity contribution is 9.10. The summed E-state index contributed by atoms with van der Waals surface area (Å²) in [6, 6.07) is 7.81. The number of benzene rings is 1. The number of nitrogens with one attached hydrogen (secondary N) is 1.